The zero-order valence-electron chi connectivity index (χ0n) is 17.2. The first kappa shape index (κ1) is 22.0. The highest BCUT2D eigenvalue weighted by Crippen LogP contribution is 2.24. The molecule has 0 radical (unpaired) electrons. The van der Waals surface area contributed by atoms with Crippen LogP contribution in [0.3, 0.4) is 0 Å². The maximum Gasteiger partial charge on any atom is 0.244 e. The number of rotatable bonds is 8. The molecule has 0 heterocycles. The molecule has 28 heavy (non-hydrogen) atoms. The number of benzene rings is 2. The Morgan fingerprint density at radius 1 is 1.04 bits per heavy atom. The third-order valence-electron chi connectivity index (χ3n) is 4.57. The zero-order chi connectivity index (χ0) is 20.9. The van der Waals surface area contributed by atoms with E-state index in [1.54, 1.807) is 25.1 Å². The van der Waals surface area contributed by atoms with E-state index in [1.165, 1.54) is 4.31 Å². The Morgan fingerprint density at radius 3 is 2.21 bits per heavy atom. The van der Waals surface area contributed by atoms with Gasteiger partial charge in [0.15, 0.2) is 0 Å². The summed E-state index contributed by atoms with van der Waals surface area (Å²) in [6.45, 7) is 7.71. The summed E-state index contributed by atoms with van der Waals surface area (Å²) in [5, 5.41) is 3.06. The highest BCUT2D eigenvalue weighted by Gasteiger charge is 2.30. The predicted octanol–water partition coefficient (Wildman–Crippen LogP) is 4.05. The lowest BCUT2D eigenvalue weighted by Gasteiger charge is -2.30. The zero-order valence-corrected chi connectivity index (χ0v) is 18.0. The van der Waals surface area contributed by atoms with E-state index in [-0.39, 0.29) is 11.9 Å². The Hall–Kier alpha value is -2.34. The number of nitrogens with zero attached hydrogens (tertiary/aromatic N) is 1. The van der Waals surface area contributed by atoms with Crippen molar-refractivity contribution in [3.05, 3.63) is 65.7 Å². The normalized spacial score (nSPS) is 13.8. The van der Waals surface area contributed by atoms with Gasteiger partial charge in [0.2, 0.25) is 15.9 Å². The van der Waals surface area contributed by atoms with E-state index in [9.17, 15) is 13.2 Å². The van der Waals surface area contributed by atoms with E-state index >= 15 is 0 Å². The number of amides is 1. The molecule has 2 aromatic carbocycles. The van der Waals surface area contributed by atoms with Gasteiger partial charge < -0.3 is 5.32 Å². The minimum atomic E-state index is -3.63. The lowest BCUT2D eigenvalue weighted by molar-refractivity contribution is -0.122. The van der Waals surface area contributed by atoms with Crippen molar-refractivity contribution in [2.45, 2.75) is 46.2 Å². The van der Waals surface area contributed by atoms with Crippen molar-refractivity contribution in [3.8, 4) is 0 Å². The number of sulfonamides is 1. The number of hydrogen-bond donors (Lipinski definition) is 1. The van der Waals surface area contributed by atoms with Crippen molar-refractivity contribution in [1.29, 1.82) is 0 Å². The van der Waals surface area contributed by atoms with Crippen LogP contribution < -0.4 is 9.62 Å². The second-order valence-corrected chi connectivity index (χ2v) is 9.53. The van der Waals surface area contributed by atoms with Gasteiger partial charge in [-0.05, 0) is 49.4 Å². The summed E-state index contributed by atoms with van der Waals surface area (Å²) in [5.74, 6) is 0.0602. The second-order valence-electron chi connectivity index (χ2n) is 7.68. The van der Waals surface area contributed by atoms with Crippen LogP contribution in [-0.2, 0) is 14.8 Å². The van der Waals surface area contributed by atoms with Crippen LogP contribution >= 0.6 is 0 Å². The molecule has 0 unspecified atom stereocenters. The van der Waals surface area contributed by atoms with Gasteiger partial charge in [0.25, 0.3) is 0 Å². The lowest BCUT2D eigenvalue weighted by Crippen LogP contribution is -2.48. The molecular weight excluding hydrogens is 372 g/mol. The van der Waals surface area contributed by atoms with E-state index in [1.807, 2.05) is 43.3 Å². The fraction of sp³-hybridized carbons (Fsp3) is 0.409. The molecule has 0 spiro atoms. The van der Waals surface area contributed by atoms with E-state index in [0.29, 0.717) is 11.6 Å². The van der Waals surface area contributed by atoms with Crippen LogP contribution in [0.2, 0.25) is 0 Å². The van der Waals surface area contributed by atoms with Gasteiger partial charge in [-0.15, -0.1) is 0 Å². The summed E-state index contributed by atoms with van der Waals surface area (Å²) >= 11 is 0. The van der Waals surface area contributed by atoms with Crippen LogP contribution in [0.5, 0.6) is 0 Å². The maximum absolute atomic E-state index is 13.0. The van der Waals surface area contributed by atoms with Crippen LogP contribution in [0.4, 0.5) is 5.69 Å². The SMILES string of the molecule is Cc1cccc(N([C@H](C)C(=O)N[C@@H](CC(C)C)c2ccccc2)S(C)(=O)=O)c1. The summed E-state index contributed by atoms with van der Waals surface area (Å²) in [5.41, 5.74) is 2.43. The molecule has 2 aromatic rings. The summed E-state index contributed by atoms with van der Waals surface area (Å²) < 4.78 is 26.1. The molecule has 0 saturated heterocycles. The third-order valence-corrected chi connectivity index (χ3v) is 5.81. The Bertz CT molecular complexity index is 895. The van der Waals surface area contributed by atoms with Gasteiger partial charge in [0.1, 0.15) is 6.04 Å². The molecule has 6 heteroatoms. The molecular formula is C22H30N2O3S. The molecule has 2 rings (SSSR count). The van der Waals surface area contributed by atoms with Crippen LogP contribution in [0, 0.1) is 12.8 Å². The standard InChI is InChI=1S/C22H30N2O3S/c1-16(2)14-21(19-11-7-6-8-12-19)23-22(25)18(4)24(28(5,26)27)20-13-9-10-17(3)15-20/h6-13,15-16,18,21H,14H2,1-5H3,(H,23,25)/t18-,21+/m1/s1. The number of aryl methyl sites for hydroxylation is 1. The molecule has 0 fully saturated rings. The molecule has 1 amide bonds. The first-order chi connectivity index (χ1) is 13.1. The Balaban J connectivity index is 2.30. The van der Waals surface area contributed by atoms with Gasteiger partial charge in [0, 0.05) is 0 Å². The minimum Gasteiger partial charge on any atom is -0.347 e. The monoisotopic (exact) mass is 402 g/mol. The van der Waals surface area contributed by atoms with Crippen molar-refractivity contribution in [2.75, 3.05) is 10.6 Å². The highest BCUT2D eigenvalue weighted by atomic mass is 32.2. The fourth-order valence-corrected chi connectivity index (χ4v) is 4.47. The maximum atomic E-state index is 13.0. The van der Waals surface area contributed by atoms with Gasteiger partial charge in [0.05, 0.1) is 18.0 Å². The minimum absolute atomic E-state index is 0.171. The molecule has 1 N–H and O–H groups in total. The number of hydrogen-bond acceptors (Lipinski definition) is 3. The van der Waals surface area contributed by atoms with Crippen molar-refractivity contribution in [1.82, 2.24) is 5.32 Å². The van der Waals surface area contributed by atoms with Crippen LogP contribution in [0.1, 0.15) is 44.4 Å². The van der Waals surface area contributed by atoms with Gasteiger partial charge in [-0.1, -0.05) is 56.3 Å². The summed E-state index contributed by atoms with van der Waals surface area (Å²) in [7, 11) is -3.63. The number of carbonyl (C=O) groups is 1. The first-order valence-electron chi connectivity index (χ1n) is 9.51. The Morgan fingerprint density at radius 2 is 1.68 bits per heavy atom. The molecule has 0 bridgehead atoms. The third kappa shape index (κ3) is 5.83. The largest absolute Gasteiger partial charge is 0.347 e. The van der Waals surface area contributed by atoms with Crippen molar-refractivity contribution in [2.24, 2.45) is 5.92 Å². The van der Waals surface area contributed by atoms with E-state index in [2.05, 4.69) is 19.2 Å². The topological polar surface area (TPSA) is 66.5 Å². The highest BCUT2D eigenvalue weighted by molar-refractivity contribution is 7.92. The van der Waals surface area contributed by atoms with Gasteiger partial charge in [-0.2, -0.15) is 0 Å². The molecule has 152 valence electrons. The smallest absolute Gasteiger partial charge is 0.244 e. The average Bonchev–Trinajstić information content (AvgIpc) is 2.60. The molecule has 0 aliphatic carbocycles. The van der Waals surface area contributed by atoms with E-state index in [4.69, 9.17) is 0 Å². The molecule has 0 saturated carbocycles. The second kappa shape index (κ2) is 9.24. The predicted molar refractivity (Wildman–Crippen MR) is 115 cm³/mol. The van der Waals surface area contributed by atoms with Crippen molar-refractivity contribution >= 4 is 21.6 Å². The average molecular weight is 403 g/mol. The summed E-state index contributed by atoms with van der Waals surface area (Å²) in [4.78, 5) is 13.0. The first-order valence-corrected chi connectivity index (χ1v) is 11.4. The number of nitrogens with one attached hydrogen (secondary N) is 1. The van der Waals surface area contributed by atoms with Crippen molar-refractivity contribution in [3.63, 3.8) is 0 Å². The van der Waals surface area contributed by atoms with Crippen LogP contribution in [0.15, 0.2) is 54.6 Å². The van der Waals surface area contributed by atoms with E-state index in [0.717, 1.165) is 23.8 Å². The molecule has 0 aromatic heterocycles. The molecule has 5 nitrogen and oxygen atoms in total. The van der Waals surface area contributed by atoms with Crippen LogP contribution in [-0.4, -0.2) is 26.6 Å². The van der Waals surface area contributed by atoms with Crippen molar-refractivity contribution < 1.29 is 13.2 Å². The Labute approximate surface area is 168 Å². The quantitative estimate of drug-likeness (QED) is 0.724. The lowest BCUT2D eigenvalue weighted by atomic mass is 9.96. The fourth-order valence-electron chi connectivity index (χ4n) is 3.30. The number of anilines is 1. The van der Waals surface area contributed by atoms with Crippen LogP contribution in [0.25, 0.3) is 0 Å². The number of carbonyl (C=O) groups excluding carboxylic acids is 1. The molecule has 0 aliphatic heterocycles. The Kier molecular flexibility index (Phi) is 7.24. The molecule has 0 aliphatic rings. The van der Waals surface area contributed by atoms with E-state index < -0.39 is 16.1 Å². The molecule has 2 atom stereocenters. The van der Waals surface area contributed by atoms with Gasteiger partial charge in [-0.25, -0.2) is 8.42 Å². The van der Waals surface area contributed by atoms with Gasteiger partial charge >= 0.3 is 0 Å². The summed E-state index contributed by atoms with van der Waals surface area (Å²) in [6.07, 6.45) is 1.90. The van der Waals surface area contributed by atoms with Gasteiger partial charge in [-0.3, -0.25) is 9.10 Å². The summed E-state index contributed by atoms with van der Waals surface area (Å²) in [6, 6.07) is 15.9.